The predicted molar refractivity (Wildman–Crippen MR) is 102 cm³/mol. The minimum atomic E-state index is -4.17. The van der Waals surface area contributed by atoms with E-state index in [4.69, 9.17) is 11.6 Å². The van der Waals surface area contributed by atoms with E-state index in [1.54, 1.807) is 19.2 Å². The molecule has 2 aliphatic rings. The number of rotatable bonds is 2. The summed E-state index contributed by atoms with van der Waals surface area (Å²) < 4.78 is 40.5. The molecular formula is C20H19ClF3N3O. The SMILES string of the molecule is Cc1nc(C2CCC(C(F)(F)F)CC2)n(-c2ccc3c(c2)N=CC3)c(=O)c1Cl. The molecule has 2 aromatic rings. The van der Waals surface area contributed by atoms with Gasteiger partial charge in [-0.2, -0.15) is 13.2 Å². The average Bonchev–Trinajstić information content (AvgIpc) is 3.13. The first kappa shape index (κ1) is 19.2. The molecule has 148 valence electrons. The van der Waals surface area contributed by atoms with Gasteiger partial charge < -0.3 is 0 Å². The smallest absolute Gasteiger partial charge is 0.267 e. The van der Waals surface area contributed by atoms with Gasteiger partial charge in [-0.3, -0.25) is 14.4 Å². The summed E-state index contributed by atoms with van der Waals surface area (Å²) in [6, 6.07) is 5.52. The van der Waals surface area contributed by atoms with Crippen LogP contribution in [-0.2, 0) is 6.42 Å². The molecule has 1 aliphatic heterocycles. The van der Waals surface area contributed by atoms with Gasteiger partial charge >= 0.3 is 6.18 Å². The van der Waals surface area contributed by atoms with Gasteiger partial charge in [0, 0.05) is 18.6 Å². The summed E-state index contributed by atoms with van der Waals surface area (Å²) in [5.41, 5.74) is 2.44. The molecule has 4 nitrogen and oxygen atoms in total. The maximum absolute atomic E-state index is 13.0. The van der Waals surface area contributed by atoms with Gasteiger partial charge in [0.05, 0.1) is 23.0 Å². The number of aromatic nitrogens is 2. The molecule has 0 amide bonds. The molecule has 2 heterocycles. The first-order valence-electron chi connectivity index (χ1n) is 9.27. The molecule has 0 saturated heterocycles. The number of benzene rings is 1. The highest BCUT2D eigenvalue weighted by Gasteiger charge is 2.42. The highest BCUT2D eigenvalue weighted by atomic mass is 35.5. The van der Waals surface area contributed by atoms with Crippen molar-refractivity contribution in [3.8, 4) is 5.69 Å². The van der Waals surface area contributed by atoms with Gasteiger partial charge in [0.25, 0.3) is 5.56 Å². The Labute approximate surface area is 165 Å². The molecule has 0 spiro atoms. The Morgan fingerprint density at radius 3 is 2.57 bits per heavy atom. The van der Waals surface area contributed by atoms with E-state index in [9.17, 15) is 18.0 Å². The van der Waals surface area contributed by atoms with E-state index in [0.717, 1.165) is 17.7 Å². The van der Waals surface area contributed by atoms with Gasteiger partial charge in [-0.15, -0.1) is 0 Å². The van der Waals surface area contributed by atoms with E-state index in [-0.39, 0.29) is 23.8 Å². The molecule has 0 bridgehead atoms. The van der Waals surface area contributed by atoms with E-state index >= 15 is 0 Å². The first-order valence-corrected chi connectivity index (χ1v) is 9.65. The Hall–Kier alpha value is -2.15. The first-order chi connectivity index (χ1) is 13.3. The Balaban J connectivity index is 1.76. The molecular weight excluding hydrogens is 391 g/mol. The number of nitrogens with zero attached hydrogens (tertiary/aromatic N) is 3. The van der Waals surface area contributed by atoms with Crippen LogP contribution >= 0.6 is 11.6 Å². The topological polar surface area (TPSA) is 47.2 Å². The Bertz CT molecular complexity index is 1000. The zero-order valence-corrected chi connectivity index (χ0v) is 16.0. The second kappa shape index (κ2) is 7.03. The summed E-state index contributed by atoms with van der Waals surface area (Å²) in [5, 5.41) is 0.0247. The van der Waals surface area contributed by atoms with Gasteiger partial charge in [-0.05, 0) is 50.3 Å². The van der Waals surface area contributed by atoms with Crippen LogP contribution in [0.3, 0.4) is 0 Å². The lowest BCUT2D eigenvalue weighted by Crippen LogP contribution is -2.31. The predicted octanol–water partition coefficient (Wildman–Crippen LogP) is 5.29. The molecule has 28 heavy (non-hydrogen) atoms. The molecule has 1 fully saturated rings. The van der Waals surface area contributed by atoms with Crippen LogP contribution in [-0.4, -0.2) is 21.9 Å². The fourth-order valence-electron chi connectivity index (χ4n) is 4.06. The van der Waals surface area contributed by atoms with Crippen molar-refractivity contribution in [1.82, 2.24) is 9.55 Å². The maximum atomic E-state index is 13.0. The Morgan fingerprint density at radius 1 is 1.18 bits per heavy atom. The van der Waals surface area contributed by atoms with E-state index < -0.39 is 17.7 Å². The van der Waals surface area contributed by atoms with Crippen LogP contribution in [0.25, 0.3) is 5.69 Å². The summed E-state index contributed by atoms with van der Waals surface area (Å²) >= 11 is 6.17. The fourth-order valence-corrected chi connectivity index (χ4v) is 4.18. The van der Waals surface area contributed by atoms with E-state index in [2.05, 4.69) is 9.98 Å². The van der Waals surface area contributed by atoms with Crippen LogP contribution in [0.5, 0.6) is 0 Å². The van der Waals surface area contributed by atoms with Crippen LogP contribution in [0.2, 0.25) is 5.02 Å². The van der Waals surface area contributed by atoms with Crippen molar-refractivity contribution in [2.24, 2.45) is 10.9 Å². The molecule has 0 N–H and O–H groups in total. The molecule has 1 aliphatic carbocycles. The molecule has 0 radical (unpaired) electrons. The van der Waals surface area contributed by atoms with Crippen LogP contribution < -0.4 is 5.56 Å². The van der Waals surface area contributed by atoms with Crippen molar-refractivity contribution in [3.63, 3.8) is 0 Å². The van der Waals surface area contributed by atoms with E-state index in [1.165, 1.54) is 4.57 Å². The zero-order valence-electron chi connectivity index (χ0n) is 15.3. The lowest BCUT2D eigenvalue weighted by molar-refractivity contribution is -0.182. The van der Waals surface area contributed by atoms with Gasteiger partial charge in [0.15, 0.2) is 0 Å². The highest BCUT2D eigenvalue weighted by Crippen LogP contribution is 2.43. The van der Waals surface area contributed by atoms with Crippen molar-refractivity contribution >= 4 is 23.5 Å². The van der Waals surface area contributed by atoms with Gasteiger partial charge in [0.2, 0.25) is 0 Å². The number of halogens is 4. The number of aliphatic imine (C=N–C) groups is 1. The van der Waals surface area contributed by atoms with Crippen LogP contribution in [0.15, 0.2) is 28.0 Å². The normalized spacial score (nSPS) is 21.8. The quantitative estimate of drug-likeness (QED) is 0.676. The van der Waals surface area contributed by atoms with Crippen LogP contribution in [0.1, 0.15) is 48.7 Å². The maximum Gasteiger partial charge on any atom is 0.391 e. The number of fused-ring (bicyclic) bond motifs is 1. The third-order valence-electron chi connectivity index (χ3n) is 5.64. The standard InChI is InChI=1S/C20H19ClF3N3O/c1-11-17(21)19(28)27(15-7-4-12-8-9-25-16(12)10-15)18(26-11)13-2-5-14(6-3-13)20(22,23)24/h4,7,9-10,13-14H,2-3,5-6,8H2,1H3. The fraction of sp³-hybridized carbons (Fsp3) is 0.450. The second-order valence-corrected chi connectivity index (χ2v) is 7.81. The van der Waals surface area contributed by atoms with Gasteiger partial charge in [-0.1, -0.05) is 17.7 Å². The summed E-state index contributed by atoms with van der Waals surface area (Å²) in [6.07, 6.45) is -0.878. The largest absolute Gasteiger partial charge is 0.391 e. The molecule has 0 unspecified atom stereocenters. The number of aryl methyl sites for hydroxylation is 1. The molecule has 1 saturated carbocycles. The molecule has 1 aromatic carbocycles. The van der Waals surface area contributed by atoms with Crippen molar-refractivity contribution in [2.45, 2.75) is 51.1 Å². The lowest BCUT2D eigenvalue weighted by atomic mass is 9.81. The minimum absolute atomic E-state index is 0.0247. The van der Waals surface area contributed by atoms with Gasteiger partial charge in [-0.25, -0.2) is 4.98 Å². The zero-order chi connectivity index (χ0) is 20.1. The van der Waals surface area contributed by atoms with Crippen molar-refractivity contribution in [2.75, 3.05) is 0 Å². The van der Waals surface area contributed by atoms with E-state index in [0.29, 0.717) is 30.0 Å². The van der Waals surface area contributed by atoms with Crippen molar-refractivity contribution in [1.29, 1.82) is 0 Å². The third kappa shape index (κ3) is 3.36. The summed E-state index contributed by atoms with van der Waals surface area (Å²) in [6.45, 7) is 1.64. The summed E-state index contributed by atoms with van der Waals surface area (Å²) in [7, 11) is 0. The Kier molecular flexibility index (Phi) is 4.81. The summed E-state index contributed by atoms with van der Waals surface area (Å²) in [4.78, 5) is 21.8. The Morgan fingerprint density at radius 2 is 1.89 bits per heavy atom. The van der Waals surface area contributed by atoms with Crippen molar-refractivity contribution < 1.29 is 13.2 Å². The molecule has 8 heteroatoms. The summed E-state index contributed by atoms with van der Waals surface area (Å²) in [5.74, 6) is -1.03. The average molecular weight is 410 g/mol. The lowest BCUT2D eigenvalue weighted by Gasteiger charge is -2.30. The highest BCUT2D eigenvalue weighted by molar-refractivity contribution is 6.31. The van der Waals surface area contributed by atoms with Crippen LogP contribution in [0.4, 0.5) is 18.9 Å². The van der Waals surface area contributed by atoms with Crippen molar-refractivity contribution in [3.05, 3.63) is 50.7 Å². The number of alkyl halides is 3. The molecule has 0 atom stereocenters. The second-order valence-electron chi connectivity index (χ2n) is 7.43. The molecule has 1 aromatic heterocycles. The monoisotopic (exact) mass is 409 g/mol. The number of hydrogen-bond acceptors (Lipinski definition) is 3. The molecule has 4 rings (SSSR count). The van der Waals surface area contributed by atoms with Gasteiger partial charge in [0.1, 0.15) is 10.8 Å². The van der Waals surface area contributed by atoms with Crippen LogP contribution in [0, 0.1) is 12.8 Å². The minimum Gasteiger partial charge on any atom is -0.267 e. The van der Waals surface area contributed by atoms with E-state index in [1.807, 2.05) is 12.1 Å². The number of hydrogen-bond donors (Lipinski definition) is 0. The third-order valence-corrected chi connectivity index (χ3v) is 6.08.